The number of carbonyl (C=O) groups excluding carboxylic acids is 2. The number of amides is 2. The lowest BCUT2D eigenvalue weighted by molar-refractivity contribution is -0.125. The van der Waals surface area contributed by atoms with Crippen LogP contribution >= 0.6 is 0 Å². The van der Waals surface area contributed by atoms with Gasteiger partial charge < -0.3 is 21.1 Å². The molecular weight excluding hydrogens is 442 g/mol. The Kier molecular flexibility index (Phi) is 8.55. The number of carbonyl (C=O) groups is 2. The highest BCUT2D eigenvalue weighted by Gasteiger charge is 2.29. The van der Waals surface area contributed by atoms with Gasteiger partial charge in [-0.1, -0.05) is 20.3 Å². The molecule has 0 aliphatic heterocycles. The Balaban J connectivity index is 1.68. The van der Waals surface area contributed by atoms with Crippen LogP contribution in [0.25, 0.3) is 11.1 Å². The van der Waals surface area contributed by atoms with E-state index in [9.17, 15) is 18.4 Å². The van der Waals surface area contributed by atoms with Gasteiger partial charge in [0.15, 0.2) is 0 Å². The van der Waals surface area contributed by atoms with Crippen LogP contribution in [-0.4, -0.2) is 36.0 Å². The Bertz CT molecular complexity index is 1030. The van der Waals surface area contributed by atoms with Gasteiger partial charge in [-0.3, -0.25) is 9.59 Å². The number of hydrogen-bond acceptors (Lipinski definition) is 5. The van der Waals surface area contributed by atoms with Gasteiger partial charge in [-0.25, -0.2) is 13.8 Å². The summed E-state index contributed by atoms with van der Waals surface area (Å²) in [6.07, 6.45) is 4.35. The second-order valence-electron chi connectivity index (χ2n) is 9.19. The number of rotatable bonds is 8. The van der Waals surface area contributed by atoms with E-state index in [1.165, 1.54) is 25.3 Å². The summed E-state index contributed by atoms with van der Waals surface area (Å²) in [7, 11) is 1.37. The number of methoxy groups -OCH3 is 1. The van der Waals surface area contributed by atoms with Crippen LogP contribution in [-0.2, 0) is 9.59 Å². The number of aromatic nitrogens is 1. The topological polar surface area (TPSA) is 106 Å². The molecule has 0 bridgehead atoms. The molecule has 9 heteroatoms. The third-order valence-corrected chi connectivity index (χ3v) is 6.01. The fraction of sp³-hybridized carbons (Fsp3) is 0.480. The van der Waals surface area contributed by atoms with Crippen LogP contribution in [0, 0.1) is 23.5 Å². The minimum Gasteiger partial charge on any atom is -0.496 e. The number of hydrogen-bond donors (Lipinski definition) is 3. The van der Waals surface area contributed by atoms with Crippen molar-refractivity contribution >= 4 is 17.6 Å². The molecule has 1 aromatic heterocycles. The van der Waals surface area contributed by atoms with Crippen molar-refractivity contribution in [2.75, 3.05) is 12.4 Å². The van der Waals surface area contributed by atoms with Crippen molar-refractivity contribution in [1.29, 1.82) is 0 Å². The summed E-state index contributed by atoms with van der Waals surface area (Å²) < 4.78 is 33.2. The van der Waals surface area contributed by atoms with E-state index in [4.69, 9.17) is 10.5 Å². The summed E-state index contributed by atoms with van der Waals surface area (Å²) in [4.78, 5) is 29.3. The molecule has 3 rings (SSSR count). The van der Waals surface area contributed by atoms with E-state index < -0.39 is 17.7 Å². The average molecular weight is 475 g/mol. The minimum absolute atomic E-state index is 0.129. The SMILES string of the molecule is COc1cc(F)ccc1-c1cc(NC(=O)[C@H]2CCC[C@@H](NC(=O)[C@@H](N)CC(C)C)C2)ncc1F. The molecule has 2 aromatic rings. The van der Waals surface area contributed by atoms with E-state index in [0.29, 0.717) is 30.7 Å². The lowest BCUT2D eigenvalue weighted by Gasteiger charge is -2.30. The molecule has 1 aliphatic carbocycles. The molecule has 34 heavy (non-hydrogen) atoms. The van der Waals surface area contributed by atoms with Crippen LogP contribution in [0.2, 0.25) is 0 Å². The highest BCUT2D eigenvalue weighted by molar-refractivity contribution is 5.92. The predicted molar refractivity (Wildman–Crippen MR) is 126 cm³/mol. The van der Waals surface area contributed by atoms with E-state index >= 15 is 0 Å². The summed E-state index contributed by atoms with van der Waals surface area (Å²) in [5, 5.41) is 5.73. The molecule has 4 N–H and O–H groups in total. The number of nitrogens with one attached hydrogen (secondary N) is 2. The summed E-state index contributed by atoms with van der Waals surface area (Å²) >= 11 is 0. The van der Waals surface area contributed by atoms with Gasteiger partial charge in [-0.2, -0.15) is 0 Å². The van der Waals surface area contributed by atoms with Crippen molar-refractivity contribution < 1.29 is 23.1 Å². The van der Waals surface area contributed by atoms with E-state index in [1.807, 2.05) is 13.8 Å². The molecule has 1 heterocycles. The van der Waals surface area contributed by atoms with Crippen LogP contribution < -0.4 is 21.1 Å². The fourth-order valence-electron chi connectivity index (χ4n) is 4.31. The van der Waals surface area contributed by atoms with E-state index in [2.05, 4.69) is 15.6 Å². The fourth-order valence-corrected chi connectivity index (χ4v) is 4.31. The Morgan fingerprint density at radius 2 is 1.97 bits per heavy atom. The largest absolute Gasteiger partial charge is 0.496 e. The molecule has 2 amide bonds. The molecular formula is C25H32F2N4O3. The van der Waals surface area contributed by atoms with Gasteiger partial charge in [0.2, 0.25) is 11.8 Å². The van der Waals surface area contributed by atoms with Gasteiger partial charge in [0.25, 0.3) is 0 Å². The van der Waals surface area contributed by atoms with Crippen molar-refractivity contribution in [2.45, 2.75) is 58.0 Å². The molecule has 0 saturated heterocycles. The first-order valence-electron chi connectivity index (χ1n) is 11.5. The number of nitrogens with zero attached hydrogens (tertiary/aromatic N) is 1. The highest BCUT2D eigenvalue weighted by Crippen LogP contribution is 2.33. The number of anilines is 1. The monoisotopic (exact) mass is 474 g/mol. The molecule has 1 saturated carbocycles. The van der Waals surface area contributed by atoms with Crippen LogP contribution in [0.3, 0.4) is 0 Å². The highest BCUT2D eigenvalue weighted by atomic mass is 19.1. The Morgan fingerprint density at radius 3 is 2.68 bits per heavy atom. The van der Waals surface area contributed by atoms with Crippen LogP contribution in [0.1, 0.15) is 46.0 Å². The third-order valence-electron chi connectivity index (χ3n) is 6.01. The minimum atomic E-state index is -0.624. The average Bonchev–Trinajstić information content (AvgIpc) is 2.80. The number of benzene rings is 1. The maximum atomic E-state index is 14.5. The maximum absolute atomic E-state index is 14.5. The Hall–Kier alpha value is -3.07. The van der Waals surface area contributed by atoms with Crippen molar-refractivity contribution in [1.82, 2.24) is 10.3 Å². The van der Waals surface area contributed by atoms with Gasteiger partial charge in [0.1, 0.15) is 23.2 Å². The number of pyridine rings is 1. The summed E-state index contributed by atoms with van der Waals surface area (Å²) in [6.45, 7) is 4.02. The summed E-state index contributed by atoms with van der Waals surface area (Å²) in [5.74, 6) is -1.24. The second kappa shape index (κ2) is 11.4. The van der Waals surface area contributed by atoms with Gasteiger partial charge in [0, 0.05) is 29.2 Å². The van der Waals surface area contributed by atoms with E-state index in [0.717, 1.165) is 25.1 Å². The molecule has 184 valence electrons. The zero-order valence-corrected chi connectivity index (χ0v) is 19.7. The van der Waals surface area contributed by atoms with E-state index in [1.54, 1.807) is 0 Å². The van der Waals surface area contributed by atoms with Crippen molar-refractivity contribution in [2.24, 2.45) is 17.6 Å². The first-order chi connectivity index (χ1) is 16.2. The lowest BCUT2D eigenvalue weighted by Crippen LogP contribution is -2.48. The maximum Gasteiger partial charge on any atom is 0.237 e. The first-order valence-corrected chi connectivity index (χ1v) is 11.5. The summed E-state index contributed by atoms with van der Waals surface area (Å²) in [6, 6.07) is 4.48. The zero-order valence-electron chi connectivity index (χ0n) is 19.7. The van der Waals surface area contributed by atoms with Gasteiger partial charge in [-0.05, 0) is 49.8 Å². The molecule has 7 nitrogen and oxygen atoms in total. The summed E-state index contributed by atoms with van der Waals surface area (Å²) in [5.41, 5.74) is 6.45. The van der Waals surface area contributed by atoms with Gasteiger partial charge in [0.05, 0.1) is 19.3 Å². The standard InChI is InChI=1S/C25H32F2N4O3/c1-14(2)9-21(28)25(33)30-17-6-4-5-15(10-17)24(32)31-23-12-19(20(27)13-29-23)18-8-7-16(26)11-22(18)34-3/h7-8,11-15,17,21H,4-6,9-10,28H2,1-3H3,(H,30,33)(H,29,31,32)/t15-,17+,21-/m0/s1. The number of halogens is 2. The normalized spacial score (nSPS) is 18.9. The second-order valence-corrected chi connectivity index (χ2v) is 9.19. The molecule has 0 unspecified atom stereocenters. The van der Waals surface area contributed by atoms with Crippen molar-refractivity contribution in [3.05, 3.63) is 42.1 Å². The first kappa shape index (κ1) is 25.6. The number of nitrogens with two attached hydrogens (primary N) is 1. The van der Waals surface area contributed by atoms with Crippen LogP contribution in [0.15, 0.2) is 30.5 Å². The molecule has 3 atom stereocenters. The van der Waals surface area contributed by atoms with Crippen molar-refractivity contribution in [3.63, 3.8) is 0 Å². The Labute approximate surface area is 198 Å². The molecule has 1 fully saturated rings. The lowest BCUT2D eigenvalue weighted by atomic mass is 9.85. The quantitative estimate of drug-likeness (QED) is 0.536. The Morgan fingerprint density at radius 1 is 1.21 bits per heavy atom. The van der Waals surface area contributed by atoms with Crippen LogP contribution in [0.5, 0.6) is 5.75 Å². The van der Waals surface area contributed by atoms with E-state index in [-0.39, 0.29) is 40.9 Å². The van der Waals surface area contributed by atoms with Gasteiger partial charge in [-0.15, -0.1) is 0 Å². The molecule has 1 aromatic carbocycles. The third kappa shape index (κ3) is 6.50. The van der Waals surface area contributed by atoms with Crippen molar-refractivity contribution in [3.8, 4) is 16.9 Å². The van der Waals surface area contributed by atoms with Crippen LogP contribution in [0.4, 0.5) is 14.6 Å². The zero-order chi connectivity index (χ0) is 24.8. The molecule has 1 aliphatic rings. The predicted octanol–water partition coefficient (Wildman–Crippen LogP) is 4.02. The number of ether oxygens (including phenoxy) is 1. The molecule has 0 radical (unpaired) electrons. The van der Waals surface area contributed by atoms with Gasteiger partial charge >= 0.3 is 0 Å². The molecule has 0 spiro atoms. The smallest absolute Gasteiger partial charge is 0.237 e.